The summed E-state index contributed by atoms with van der Waals surface area (Å²) in [4.78, 5) is 0. The normalized spacial score (nSPS) is 29.5. The quantitative estimate of drug-likeness (QED) is 0.419. The molecule has 0 aromatic rings. The Morgan fingerprint density at radius 1 is 1.00 bits per heavy atom. The molecule has 0 amide bonds. The molecule has 12 heavy (non-hydrogen) atoms. The Kier molecular flexibility index (Phi) is 2.52. The van der Waals surface area contributed by atoms with Crippen LogP contribution >= 0.6 is 11.6 Å². The third-order valence-electron chi connectivity index (χ3n) is 1.22. The minimum Gasteiger partial charge on any atom is -0.236 e. The Morgan fingerprint density at radius 2 is 1.33 bits per heavy atom. The highest BCUT2D eigenvalue weighted by molar-refractivity contribution is 6.26. The molecule has 0 spiro atoms. The molecule has 67 valence electrons. The largest absolute Gasteiger partial charge is 0.264 e. The Morgan fingerprint density at radius 3 is 1.67 bits per heavy atom. The van der Waals surface area contributed by atoms with Gasteiger partial charge in [-0.25, -0.2) is 22.0 Å². The number of alkyl halides is 2. The van der Waals surface area contributed by atoms with Gasteiger partial charge in [-0.2, -0.15) is 0 Å². The van der Waals surface area contributed by atoms with Crippen LogP contribution in [0.3, 0.4) is 0 Å². The summed E-state index contributed by atoms with van der Waals surface area (Å²) in [5.41, 5.74) is 0. The fourth-order valence-electron chi connectivity index (χ4n) is 0.634. The van der Waals surface area contributed by atoms with Gasteiger partial charge in [0.15, 0.2) is 12.3 Å². The summed E-state index contributed by atoms with van der Waals surface area (Å²) < 4.78 is 61.5. The second kappa shape index (κ2) is 3.01. The van der Waals surface area contributed by atoms with Crippen LogP contribution in [0.1, 0.15) is 0 Å². The van der Waals surface area contributed by atoms with Gasteiger partial charge in [-0.1, -0.05) is 11.6 Å². The first-order valence-corrected chi connectivity index (χ1v) is 3.09. The van der Waals surface area contributed by atoms with E-state index in [2.05, 4.69) is 11.6 Å². The highest BCUT2D eigenvalue weighted by atomic mass is 35.5. The Hall–Kier alpha value is -0.0600. The van der Waals surface area contributed by atoms with E-state index in [4.69, 9.17) is 0 Å². The van der Waals surface area contributed by atoms with Crippen LogP contribution in [0.25, 0.3) is 0 Å². The topological polar surface area (TPSA) is 0 Å². The number of hydrogen-bond acceptors (Lipinski definition) is 0. The molecule has 1 aliphatic carbocycles. The van der Waals surface area contributed by atoms with Gasteiger partial charge in [0, 0.05) is 0 Å². The molecule has 0 aliphatic heterocycles. The molecule has 0 aromatic carbocycles. The summed E-state index contributed by atoms with van der Waals surface area (Å²) in [6.07, 6.45) is -8.19. The van der Waals surface area contributed by atoms with E-state index >= 15 is 0 Å². The molecule has 1 fully saturated rings. The first-order valence-electron chi connectivity index (χ1n) is 2.71. The maximum Gasteiger partial charge on any atom is 0.264 e. The molecule has 0 nitrogen and oxygen atoms in total. The standard InChI is InChI=1S/C6HClF5/c7-6(12)4(10)2(8)1-3(9)5(6)11/h1H. The minimum atomic E-state index is -3.84. The van der Waals surface area contributed by atoms with Crippen LogP contribution in [0.15, 0.2) is 0 Å². The molecule has 1 saturated carbocycles. The zero-order valence-electron chi connectivity index (χ0n) is 5.35. The summed E-state index contributed by atoms with van der Waals surface area (Å²) in [5.74, 6) is 0. The van der Waals surface area contributed by atoms with E-state index in [0.717, 1.165) is 0 Å². The lowest BCUT2D eigenvalue weighted by atomic mass is 9.91. The molecular weight excluding hydrogens is 203 g/mol. The maximum atomic E-state index is 12.6. The van der Waals surface area contributed by atoms with Crippen molar-refractivity contribution in [3.05, 3.63) is 31.1 Å². The lowest BCUT2D eigenvalue weighted by molar-refractivity contribution is 0.126. The molecule has 1 rings (SSSR count). The fraction of sp³-hybridized carbons (Fsp3) is 0.167. The first-order chi connectivity index (χ1) is 5.37. The fourth-order valence-corrected chi connectivity index (χ4v) is 0.815. The molecule has 1 aliphatic rings. The molecule has 5 radical (unpaired) electrons. The summed E-state index contributed by atoms with van der Waals surface area (Å²) in [6, 6.07) is 0. The molecule has 0 aromatic heterocycles. The van der Waals surface area contributed by atoms with Crippen LogP contribution in [-0.2, 0) is 0 Å². The minimum absolute atomic E-state index is 0.120. The zero-order chi connectivity index (χ0) is 9.52. The molecule has 0 heterocycles. The Bertz CT molecular complexity index is 157. The van der Waals surface area contributed by atoms with Gasteiger partial charge in [0.2, 0.25) is 12.3 Å². The summed E-state index contributed by atoms with van der Waals surface area (Å²) in [7, 11) is 0. The average Bonchev–Trinajstić information content (AvgIpc) is 1.99. The maximum absolute atomic E-state index is 12.6. The third-order valence-corrected chi connectivity index (χ3v) is 1.56. The van der Waals surface area contributed by atoms with E-state index in [1.54, 1.807) is 0 Å². The van der Waals surface area contributed by atoms with Crippen molar-refractivity contribution in [2.75, 3.05) is 0 Å². The van der Waals surface area contributed by atoms with Gasteiger partial charge in [0.05, 0.1) is 6.42 Å². The lowest BCUT2D eigenvalue weighted by Gasteiger charge is -2.31. The second-order valence-electron chi connectivity index (χ2n) is 2.04. The Balaban J connectivity index is 2.82. The highest BCUT2D eigenvalue weighted by Crippen LogP contribution is 2.55. The number of rotatable bonds is 0. The SMILES string of the molecule is F[C]1[CH][C](F)[C](F)C(F)(Cl)[C]1F. The van der Waals surface area contributed by atoms with E-state index < -0.39 is 29.8 Å². The molecule has 0 unspecified atom stereocenters. The van der Waals surface area contributed by atoms with E-state index in [-0.39, 0.29) is 6.42 Å². The van der Waals surface area contributed by atoms with E-state index in [1.165, 1.54) is 0 Å². The van der Waals surface area contributed by atoms with Gasteiger partial charge in [-0.05, 0) is 0 Å². The summed E-state index contributed by atoms with van der Waals surface area (Å²) in [5, 5.41) is -3.84. The highest BCUT2D eigenvalue weighted by Gasteiger charge is 2.62. The average molecular weight is 204 g/mol. The van der Waals surface area contributed by atoms with Crippen LogP contribution in [0.2, 0.25) is 0 Å². The molecule has 6 heteroatoms. The van der Waals surface area contributed by atoms with Gasteiger partial charge in [0.25, 0.3) is 5.13 Å². The summed E-state index contributed by atoms with van der Waals surface area (Å²) >= 11 is 4.53. The van der Waals surface area contributed by atoms with Gasteiger partial charge < -0.3 is 0 Å². The predicted octanol–water partition coefficient (Wildman–Crippen LogP) is 3.11. The van der Waals surface area contributed by atoms with Crippen LogP contribution in [0.5, 0.6) is 0 Å². The number of halogens is 6. The van der Waals surface area contributed by atoms with Crippen molar-refractivity contribution in [1.29, 1.82) is 0 Å². The molecule has 0 saturated heterocycles. The Labute approximate surface area is 70.7 Å². The van der Waals surface area contributed by atoms with Crippen LogP contribution < -0.4 is 0 Å². The van der Waals surface area contributed by atoms with E-state index in [9.17, 15) is 22.0 Å². The van der Waals surface area contributed by atoms with Crippen molar-refractivity contribution >= 4 is 11.6 Å². The van der Waals surface area contributed by atoms with E-state index in [0.29, 0.717) is 0 Å². The van der Waals surface area contributed by atoms with Crippen molar-refractivity contribution in [2.45, 2.75) is 5.13 Å². The molecular formula is C6HClF5. The predicted molar refractivity (Wildman–Crippen MR) is 31.4 cm³/mol. The van der Waals surface area contributed by atoms with Gasteiger partial charge in [-0.3, -0.25) is 0 Å². The monoisotopic (exact) mass is 203 g/mol. The lowest BCUT2D eigenvalue weighted by Crippen LogP contribution is -2.38. The van der Waals surface area contributed by atoms with Crippen molar-refractivity contribution in [2.24, 2.45) is 0 Å². The first kappa shape index (κ1) is 10.0. The second-order valence-corrected chi connectivity index (χ2v) is 2.56. The smallest absolute Gasteiger partial charge is 0.236 e. The van der Waals surface area contributed by atoms with Crippen molar-refractivity contribution in [1.82, 2.24) is 0 Å². The molecule has 0 N–H and O–H groups in total. The van der Waals surface area contributed by atoms with Gasteiger partial charge in [0.1, 0.15) is 0 Å². The molecule has 0 bridgehead atoms. The van der Waals surface area contributed by atoms with E-state index in [1.807, 2.05) is 0 Å². The van der Waals surface area contributed by atoms with Crippen molar-refractivity contribution < 1.29 is 22.0 Å². The van der Waals surface area contributed by atoms with Crippen LogP contribution in [0, 0.1) is 31.1 Å². The zero-order valence-corrected chi connectivity index (χ0v) is 6.10. The van der Waals surface area contributed by atoms with Gasteiger partial charge >= 0.3 is 0 Å². The summed E-state index contributed by atoms with van der Waals surface area (Å²) in [6.45, 7) is 0. The molecule has 0 atom stereocenters. The van der Waals surface area contributed by atoms with Crippen LogP contribution in [-0.4, -0.2) is 5.13 Å². The van der Waals surface area contributed by atoms with Crippen LogP contribution in [0.4, 0.5) is 22.0 Å². The number of hydrogen-bond donors (Lipinski definition) is 0. The van der Waals surface area contributed by atoms with Crippen molar-refractivity contribution in [3.8, 4) is 0 Å². The van der Waals surface area contributed by atoms with Crippen molar-refractivity contribution in [3.63, 3.8) is 0 Å². The third kappa shape index (κ3) is 1.39. The van der Waals surface area contributed by atoms with Gasteiger partial charge in [-0.15, -0.1) is 0 Å².